The molecule has 5 rings (SSSR count). The van der Waals surface area contributed by atoms with Crippen LogP contribution < -0.4 is 11.1 Å². The van der Waals surface area contributed by atoms with Crippen LogP contribution in [0.25, 0.3) is 28.0 Å². The molecule has 0 unspecified atom stereocenters. The van der Waals surface area contributed by atoms with E-state index in [0.29, 0.717) is 16.8 Å². The number of non-ortho nitro benzene ring substituents is 1. The molecule has 0 aliphatic carbocycles. The van der Waals surface area contributed by atoms with Crippen LogP contribution in [-0.4, -0.2) is 25.2 Å². The van der Waals surface area contributed by atoms with Crippen LogP contribution in [0.15, 0.2) is 88.2 Å². The minimum Gasteiger partial charge on any atom is -0.407 e. The van der Waals surface area contributed by atoms with Gasteiger partial charge in [0.2, 0.25) is 5.91 Å². The maximum atomic E-state index is 13.5. The normalized spacial score (nSPS) is 11.0. The quantitative estimate of drug-likeness (QED) is 0.275. The summed E-state index contributed by atoms with van der Waals surface area (Å²) in [5.74, 6) is -1.65. The SMILES string of the molecule is O=C(Cn1c(=O)oc2cc([N+](=O)[O-])ccc21)NCc1cn(-c2ccccc2)nc1-c1ccc(F)cc1. The molecule has 180 valence electrons. The first-order valence-electron chi connectivity index (χ1n) is 10.8. The molecule has 36 heavy (non-hydrogen) atoms. The number of fused-ring (bicyclic) bond motifs is 1. The molecule has 0 fully saturated rings. The van der Waals surface area contributed by atoms with Gasteiger partial charge in [0.15, 0.2) is 5.58 Å². The standard InChI is InChI=1S/C25H18FN5O5/c26-18-8-6-16(7-9-18)24-17(14-30(28-24)19-4-2-1-3-5-19)13-27-23(32)15-29-21-11-10-20(31(34)35)12-22(21)36-25(29)33/h1-12,14H,13,15H2,(H,27,32). The Morgan fingerprint density at radius 1 is 1.08 bits per heavy atom. The largest absolute Gasteiger partial charge is 0.420 e. The Hall–Kier alpha value is -5.06. The Bertz CT molecular complexity index is 1640. The van der Waals surface area contributed by atoms with E-state index in [9.17, 15) is 24.1 Å². The van der Waals surface area contributed by atoms with Crippen molar-refractivity contribution in [2.75, 3.05) is 0 Å². The number of amides is 1. The van der Waals surface area contributed by atoms with Crippen molar-refractivity contribution in [3.8, 4) is 16.9 Å². The summed E-state index contributed by atoms with van der Waals surface area (Å²) < 4.78 is 21.3. The van der Waals surface area contributed by atoms with Crippen molar-refractivity contribution >= 4 is 22.7 Å². The van der Waals surface area contributed by atoms with E-state index >= 15 is 0 Å². The van der Waals surface area contributed by atoms with Gasteiger partial charge in [-0.3, -0.25) is 19.5 Å². The fraction of sp³-hybridized carbons (Fsp3) is 0.0800. The number of para-hydroxylation sites is 1. The second-order valence-electron chi connectivity index (χ2n) is 7.93. The lowest BCUT2D eigenvalue weighted by molar-refractivity contribution is -0.384. The van der Waals surface area contributed by atoms with Crippen molar-refractivity contribution in [1.82, 2.24) is 19.7 Å². The highest BCUT2D eigenvalue weighted by atomic mass is 19.1. The second kappa shape index (κ2) is 9.29. The number of aromatic nitrogens is 3. The van der Waals surface area contributed by atoms with E-state index in [1.807, 2.05) is 30.3 Å². The van der Waals surface area contributed by atoms with E-state index in [4.69, 9.17) is 4.42 Å². The monoisotopic (exact) mass is 487 g/mol. The van der Waals surface area contributed by atoms with Crippen LogP contribution in [0.3, 0.4) is 0 Å². The van der Waals surface area contributed by atoms with Crippen LogP contribution in [0.1, 0.15) is 5.56 Å². The number of halogens is 1. The average molecular weight is 487 g/mol. The summed E-state index contributed by atoms with van der Waals surface area (Å²) in [6, 6.07) is 19.0. The van der Waals surface area contributed by atoms with Crippen LogP contribution in [0.4, 0.5) is 10.1 Å². The van der Waals surface area contributed by atoms with Crippen LogP contribution in [-0.2, 0) is 17.9 Å². The molecule has 0 bridgehead atoms. The van der Waals surface area contributed by atoms with Gasteiger partial charge < -0.3 is 9.73 Å². The van der Waals surface area contributed by atoms with Gasteiger partial charge in [0.1, 0.15) is 12.4 Å². The minimum atomic E-state index is -0.801. The number of rotatable bonds is 7. The number of nitro benzene ring substituents is 1. The van der Waals surface area contributed by atoms with E-state index in [2.05, 4.69) is 10.4 Å². The fourth-order valence-electron chi connectivity index (χ4n) is 3.81. The van der Waals surface area contributed by atoms with E-state index < -0.39 is 16.6 Å². The number of hydrogen-bond acceptors (Lipinski definition) is 6. The maximum absolute atomic E-state index is 13.5. The summed E-state index contributed by atoms with van der Waals surface area (Å²) in [6.45, 7) is -0.253. The number of carbonyl (C=O) groups excluding carboxylic acids is 1. The summed E-state index contributed by atoms with van der Waals surface area (Å²) in [5, 5.41) is 18.4. The molecule has 0 atom stereocenters. The lowest BCUT2D eigenvalue weighted by Crippen LogP contribution is -2.30. The van der Waals surface area contributed by atoms with Crippen LogP contribution in [0, 0.1) is 15.9 Å². The van der Waals surface area contributed by atoms with Crippen LogP contribution in [0.2, 0.25) is 0 Å². The third kappa shape index (κ3) is 4.49. The molecule has 0 aliphatic rings. The van der Waals surface area contributed by atoms with Gasteiger partial charge in [-0.05, 0) is 42.5 Å². The van der Waals surface area contributed by atoms with Crippen LogP contribution in [0.5, 0.6) is 0 Å². The molecule has 11 heteroatoms. The second-order valence-corrected chi connectivity index (χ2v) is 7.93. The number of hydrogen-bond donors (Lipinski definition) is 1. The van der Waals surface area contributed by atoms with Gasteiger partial charge in [-0.2, -0.15) is 5.10 Å². The summed E-state index contributed by atoms with van der Waals surface area (Å²) >= 11 is 0. The van der Waals surface area contributed by atoms with Gasteiger partial charge in [-0.15, -0.1) is 0 Å². The molecule has 10 nitrogen and oxygen atoms in total. The lowest BCUT2D eigenvalue weighted by Gasteiger charge is -2.06. The highest BCUT2D eigenvalue weighted by Crippen LogP contribution is 2.24. The molecule has 1 N–H and O–H groups in total. The molecule has 1 amide bonds. The molecule has 5 aromatic rings. The minimum absolute atomic E-state index is 0.0183. The number of nitro groups is 1. The zero-order valence-corrected chi connectivity index (χ0v) is 18.6. The first kappa shape index (κ1) is 22.7. The fourth-order valence-corrected chi connectivity index (χ4v) is 3.81. The smallest absolute Gasteiger partial charge is 0.407 e. The highest BCUT2D eigenvalue weighted by Gasteiger charge is 2.18. The predicted molar refractivity (Wildman–Crippen MR) is 128 cm³/mol. The first-order valence-corrected chi connectivity index (χ1v) is 10.8. The summed E-state index contributed by atoms with van der Waals surface area (Å²) in [5.41, 5.74) is 2.79. The number of nitrogens with one attached hydrogen (secondary N) is 1. The number of carbonyl (C=O) groups is 1. The summed E-state index contributed by atoms with van der Waals surface area (Å²) in [4.78, 5) is 35.3. The Morgan fingerprint density at radius 3 is 2.56 bits per heavy atom. The van der Waals surface area contributed by atoms with Gasteiger partial charge in [0, 0.05) is 29.9 Å². The molecule has 0 saturated carbocycles. The van der Waals surface area contributed by atoms with Crippen molar-refractivity contribution in [2.24, 2.45) is 0 Å². The number of oxazole rings is 1. The molecule has 0 aliphatic heterocycles. The van der Waals surface area contributed by atoms with Crippen molar-refractivity contribution in [3.63, 3.8) is 0 Å². The highest BCUT2D eigenvalue weighted by molar-refractivity contribution is 5.80. The van der Waals surface area contributed by atoms with E-state index in [-0.39, 0.29) is 35.7 Å². The topological polar surface area (TPSA) is 125 Å². The number of nitrogens with zero attached hydrogens (tertiary/aromatic N) is 4. The summed E-state index contributed by atoms with van der Waals surface area (Å²) in [7, 11) is 0. The molecule has 0 radical (unpaired) electrons. The zero-order chi connectivity index (χ0) is 25.2. The zero-order valence-electron chi connectivity index (χ0n) is 18.6. The molecule has 0 saturated heterocycles. The Kier molecular flexibility index (Phi) is 5.87. The Morgan fingerprint density at radius 2 is 1.83 bits per heavy atom. The molecule has 2 aromatic heterocycles. The van der Waals surface area contributed by atoms with Gasteiger partial charge in [0.25, 0.3) is 5.69 Å². The van der Waals surface area contributed by atoms with E-state index in [1.165, 1.54) is 24.3 Å². The summed E-state index contributed by atoms with van der Waals surface area (Å²) in [6.07, 6.45) is 1.77. The van der Waals surface area contributed by atoms with Gasteiger partial charge in [0.05, 0.1) is 27.9 Å². The van der Waals surface area contributed by atoms with Crippen molar-refractivity contribution in [1.29, 1.82) is 0 Å². The number of benzene rings is 3. The van der Waals surface area contributed by atoms with Gasteiger partial charge in [-0.25, -0.2) is 13.9 Å². The van der Waals surface area contributed by atoms with Crippen molar-refractivity contribution in [3.05, 3.63) is 111 Å². The molecular formula is C25H18FN5O5. The van der Waals surface area contributed by atoms with Crippen LogP contribution >= 0.6 is 0 Å². The Labute approximate surface area is 202 Å². The predicted octanol–water partition coefficient (Wildman–Crippen LogP) is 3.81. The molecule has 0 spiro atoms. The van der Waals surface area contributed by atoms with Crippen molar-refractivity contribution in [2.45, 2.75) is 13.1 Å². The molecule has 2 heterocycles. The first-order chi connectivity index (χ1) is 17.4. The van der Waals surface area contributed by atoms with Gasteiger partial charge >= 0.3 is 5.76 Å². The Balaban J connectivity index is 1.39. The van der Waals surface area contributed by atoms with Crippen molar-refractivity contribution < 1.29 is 18.5 Å². The van der Waals surface area contributed by atoms with E-state index in [0.717, 1.165) is 16.3 Å². The molecule has 3 aromatic carbocycles. The van der Waals surface area contributed by atoms with Gasteiger partial charge in [-0.1, -0.05) is 18.2 Å². The maximum Gasteiger partial charge on any atom is 0.420 e. The third-order valence-electron chi connectivity index (χ3n) is 5.57. The van der Waals surface area contributed by atoms with E-state index in [1.54, 1.807) is 23.0 Å². The average Bonchev–Trinajstić information content (AvgIpc) is 3.44. The molecular weight excluding hydrogens is 469 g/mol. The lowest BCUT2D eigenvalue weighted by atomic mass is 10.1. The third-order valence-corrected chi connectivity index (χ3v) is 5.57.